The molecule has 112 valence electrons. The zero-order valence-corrected chi connectivity index (χ0v) is 12.9. The molecule has 0 saturated carbocycles. The SMILES string of the molecule is CCC(C)C(C(=O)NCCCC(C)N)c1ccccc1. The summed E-state index contributed by atoms with van der Waals surface area (Å²) >= 11 is 0. The summed E-state index contributed by atoms with van der Waals surface area (Å²) in [4.78, 5) is 12.4. The highest BCUT2D eigenvalue weighted by molar-refractivity contribution is 5.83. The van der Waals surface area contributed by atoms with Crippen LogP contribution in [0.1, 0.15) is 51.5 Å². The van der Waals surface area contributed by atoms with Crippen LogP contribution >= 0.6 is 0 Å². The number of carbonyl (C=O) groups excluding carboxylic acids is 1. The van der Waals surface area contributed by atoms with Crippen molar-refractivity contribution in [2.75, 3.05) is 6.54 Å². The molecular weight excluding hydrogens is 248 g/mol. The first kappa shape index (κ1) is 16.7. The van der Waals surface area contributed by atoms with Gasteiger partial charge in [-0.05, 0) is 31.2 Å². The van der Waals surface area contributed by atoms with Gasteiger partial charge >= 0.3 is 0 Å². The van der Waals surface area contributed by atoms with Crippen LogP contribution in [0.3, 0.4) is 0 Å². The van der Waals surface area contributed by atoms with E-state index >= 15 is 0 Å². The van der Waals surface area contributed by atoms with Gasteiger partial charge in [0.15, 0.2) is 0 Å². The van der Waals surface area contributed by atoms with Gasteiger partial charge in [0.25, 0.3) is 0 Å². The van der Waals surface area contributed by atoms with Crippen molar-refractivity contribution in [3.8, 4) is 0 Å². The third kappa shape index (κ3) is 5.33. The van der Waals surface area contributed by atoms with Crippen molar-refractivity contribution in [3.05, 3.63) is 35.9 Å². The first-order chi connectivity index (χ1) is 9.56. The molecule has 1 aromatic rings. The highest BCUT2D eigenvalue weighted by Crippen LogP contribution is 2.27. The first-order valence-electron chi connectivity index (χ1n) is 7.64. The van der Waals surface area contributed by atoms with Gasteiger partial charge in [0.2, 0.25) is 5.91 Å². The Morgan fingerprint density at radius 3 is 2.45 bits per heavy atom. The van der Waals surface area contributed by atoms with Crippen molar-refractivity contribution in [2.45, 2.75) is 52.0 Å². The Balaban J connectivity index is 2.62. The summed E-state index contributed by atoms with van der Waals surface area (Å²) in [5.41, 5.74) is 6.82. The normalized spacial score (nSPS) is 15.4. The van der Waals surface area contributed by atoms with Gasteiger partial charge in [-0.3, -0.25) is 4.79 Å². The molecule has 0 heterocycles. The molecule has 0 aliphatic heterocycles. The Labute approximate surface area is 122 Å². The molecule has 3 nitrogen and oxygen atoms in total. The Hall–Kier alpha value is -1.35. The summed E-state index contributed by atoms with van der Waals surface area (Å²) in [6, 6.07) is 10.3. The summed E-state index contributed by atoms with van der Waals surface area (Å²) in [5, 5.41) is 3.06. The molecular formula is C17H28N2O. The van der Waals surface area contributed by atoms with Crippen LogP contribution in [0.25, 0.3) is 0 Å². The van der Waals surface area contributed by atoms with E-state index in [1.165, 1.54) is 0 Å². The van der Waals surface area contributed by atoms with Crippen LogP contribution < -0.4 is 11.1 Å². The number of nitrogens with one attached hydrogen (secondary N) is 1. The van der Waals surface area contributed by atoms with Crippen LogP contribution in [-0.4, -0.2) is 18.5 Å². The van der Waals surface area contributed by atoms with Crippen molar-refractivity contribution < 1.29 is 4.79 Å². The van der Waals surface area contributed by atoms with E-state index in [9.17, 15) is 4.79 Å². The summed E-state index contributed by atoms with van der Waals surface area (Å²) < 4.78 is 0. The molecule has 0 fully saturated rings. The zero-order valence-electron chi connectivity index (χ0n) is 12.9. The Kier molecular flexibility index (Phi) is 7.31. The highest BCUT2D eigenvalue weighted by Gasteiger charge is 2.25. The minimum Gasteiger partial charge on any atom is -0.356 e. The Morgan fingerprint density at radius 2 is 1.90 bits per heavy atom. The maximum atomic E-state index is 12.4. The molecule has 0 aliphatic carbocycles. The number of nitrogens with two attached hydrogens (primary N) is 1. The standard InChI is InChI=1S/C17H28N2O/c1-4-13(2)16(15-10-6-5-7-11-15)17(20)19-12-8-9-14(3)18/h5-7,10-11,13-14,16H,4,8-9,12,18H2,1-3H3,(H,19,20). The number of hydrogen-bond donors (Lipinski definition) is 2. The van der Waals surface area contributed by atoms with E-state index in [0.29, 0.717) is 12.5 Å². The number of rotatable bonds is 8. The first-order valence-corrected chi connectivity index (χ1v) is 7.64. The van der Waals surface area contributed by atoms with Crippen LogP contribution in [0.15, 0.2) is 30.3 Å². The van der Waals surface area contributed by atoms with Crippen LogP contribution in [0.2, 0.25) is 0 Å². The monoisotopic (exact) mass is 276 g/mol. The molecule has 1 rings (SSSR count). The molecule has 0 saturated heterocycles. The van der Waals surface area contributed by atoms with Gasteiger partial charge < -0.3 is 11.1 Å². The van der Waals surface area contributed by atoms with E-state index in [4.69, 9.17) is 5.73 Å². The van der Waals surface area contributed by atoms with Crippen LogP contribution in [0.5, 0.6) is 0 Å². The molecule has 3 atom stereocenters. The van der Waals surface area contributed by atoms with E-state index in [2.05, 4.69) is 19.2 Å². The second-order valence-electron chi connectivity index (χ2n) is 5.68. The fourth-order valence-electron chi connectivity index (χ4n) is 2.38. The third-order valence-electron chi connectivity index (χ3n) is 3.79. The van der Waals surface area contributed by atoms with E-state index in [0.717, 1.165) is 24.8 Å². The van der Waals surface area contributed by atoms with E-state index in [1.807, 2.05) is 37.3 Å². The summed E-state index contributed by atoms with van der Waals surface area (Å²) in [6.45, 7) is 6.97. The molecule has 3 N–H and O–H groups in total. The third-order valence-corrected chi connectivity index (χ3v) is 3.79. The van der Waals surface area contributed by atoms with Gasteiger partial charge in [-0.25, -0.2) is 0 Å². The molecule has 0 radical (unpaired) electrons. The largest absolute Gasteiger partial charge is 0.356 e. The van der Waals surface area contributed by atoms with Gasteiger partial charge in [0, 0.05) is 12.6 Å². The maximum absolute atomic E-state index is 12.4. The average molecular weight is 276 g/mol. The number of amides is 1. The van der Waals surface area contributed by atoms with Crippen molar-refractivity contribution in [2.24, 2.45) is 11.7 Å². The van der Waals surface area contributed by atoms with E-state index in [-0.39, 0.29) is 17.9 Å². The average Bonchev–Trinajstić information content (AvgIpc) is 2.44. The number of carbonyl (C=O) groups is 1. The molecule has 0 spiro atoms. The molecule has 0 aromatic heterocycles. The van der Waals surface area contributed by atoms with Crippen molar-refractivity contribution in [3.63, 3.8) is 0 Å². The zero-order chi connectivity index (χ0) is 15.0. The lowest BCUT2D eigenvalue weighted by atomic mass is 9.85. The predicted octanol–water partition coefficient (Wildman–Crippen LogP) is 3.06. The molecule has 0 bridgehead atoms. The van der Waals surface area contributed by atoms with Gasteiger partial charge in [-0.1, -0.05) is 50.6 Å². The second-order valence-corrected chi connectivity index (χ2v) is 5.68. The molecule has 20 heavy (non-hydrogen) atoms. The summed E-state index contributed by atoms with van der Waals surface area (Å²) in [6.07, 6.45) is 2.87. The lowest BCUT2D eigenvalue weighted by molar-refractivity contribution is -0.123. The highest BCUT2D eigenvalue weighted by atomic mass is 16.1. The minimum absolute atomic E-state index is 0.0588. The lowest BCUT2D eigenvalue weighted by Crippen LogP contribution is -2.33. The van der Waals surface area contributed by atoms with Gasteiger partial charge in [-0.15, -0.1) is 0 Å². The predicted molar refractivity (Wildman–Crippen MR) is 84.5 cm³/mol. The summed E-state index contributed by atoms with van der Waals surface area (Å²) in [7, 11) is 0. The van der Waals surface area contributed by atoms with Gasteiger partial charge in [0.1, 0.15) is 0 Å². The number of hydrogen-bond acceptors (Lipinski definition) is 2. The van der Waals surface area contributed by atoms with Crippen molar-refractivity contribution >= 4 is 5.91 Å². The fraction of sp³-hybridized carbons (Fsp3) is 0.588. The van der Waals surface area contributed by atoms with Gasteiger partial charge in [-0.2, -0.15) is 0 Å². The van der Waals surface area contributed by atoms with E-state index in [1.54, 1.807) is 0 Å². The quantitative estimate of drug-likeness (QED) is 0.717. The van der Waals surface area contributed by atoms with Crippen molar-refractivity contribution in [1.29, 1.82) is 0 Å². The molecule has 1 aromatic carbocycles. The summed E-state index contributed by atoms with van der Waals surface area (Å²) in [5.74, 6) is 0.414. The topological polar surface area (TPSA) is 55.1 Å². The fourth-order valence-corrected chi connectivity index (χ4v) is 2.38. The molecule has 1 amide bonds. The molecule has 3 heteroatoms. The molecule has 3 unspecified atom stereocenters. The second kappa shape index (κ2) is 8.75. The number of benzene rings is 1. The van der Waals surface area contributed by atoms with E-state index < -0.39 is 0 Å². The van der Waals surface area contributed by atoms with Crippen LogP contribution in [0.4, 0.5) is 0 Å². The minimum atomic E-state index is -0.0588. The Morgan fingerprint density at radius 1 is 1.25 bits per heavy atom. The van der Waals surface area contributed by atoms with Crippen LogP contribution in [-0.2, 0) is 4.79 Å². The lowest BCUT2D eigenvalue weighted by Gasteiger charge is -2.23. The molecule has 0 aliphatic rings. The van der Waals surface area contributed by atoms with Crippen LogP contribution in [0, 0.1) is 5.92 Å². The smallest absolute Gasteiger partial charge is 0.227 e. The van der Waals surface area contributed by atoms with Crippen molar-refractivity contribution in [1.82, 2.24) is 5.32 Å². The Bertz CT molecular complexity index is 389. The van der Waals surface area contributed by atoms with Gasteiger partial charge in [0.05, 0.1) is 5.92 Å². The maximum Gasteiger partial charge on any atom is 0.227 e.